The number of rotatable bonds is 3. The molecular weight excluding hydrogens is 90.1 g/mol. The molecule has 0 aliphatic heterocycles. The van der Waals surface area contributed by atoms with Crippen LogP contribution in [0.4, 0.5) is 4.39 Å². The van der Waals surface area contributed by atoms with Gasteiger partial charge < -0.3 is 0 Å². The van der Waals surface area contributed by atoms with Gasteiger partial charge in [0.25, 0.3) is 0 Å². The Hall–Kier alpha value is -0.510. The fourth-order valence-corrected chi connectivity index (χ4v) is 0.322. The molecule has 40 valence electrons. The molecule has 0 N–H and O–H groups in total. The summed E-state index contributed by atoms with van der Waals surface area (Å²) in [7, 11) is 0. The van der Waals surface area contributed by atoms with Crippen molar-refractivity contribution >= 4 is 0 Å². The fourth-order valence-electron chi connectivity index (χ4n) is 0.322. The number of terminal acetylenes is 1. The van der Waals surface area contributed by atoms with Gasteiger partial charge >= 0.3 is 0 Å². The lowest BCUT2D eigenvalue weighted by Gasteiger charge is -1.84. The number of hydrogen-bond donors (Lipinski definition) is 0. The van der Waals surface area contributed by atoms with Crippen molar-refractivity contribution in [3.63, 3.8) is 0 Å². The van der Waals surface area contributed by atoms with E-state index < -0.39 is 0 Å². The Bertz CT molecular complexity index is 61.1. The second kappa shape index (κ2) is 5.49. The molecule has 7 heavy (non-hydrogen) atoms. The van der Waals surface area contributed by atoms with Crippen molar-refractivity contribution in [2.75, 3.05) is 6.67 Å². The summed E-state index contributed by atoms with van der Waals surface area (Å²) in [5, 5.41) is 0. The molecule has 0 aromatic carbocycles. The minimum atomic E-state index is -0.234. The van der Waals surface area contributed by atoms with Gasteiger partial charge in [-0.2, -0.15) is 0 Å². The maximum Gasteiger partial charge on any atom is 0.0894 e. The van der Waals surface area contributed by atoms with E-state index in [2.05, 4.69) is 5.92 Å². The topological polar surface area (TPSA) is 0 Å². The molecule has 0 aliphatic rings. The minimum absolute atomic E-state index is 0.234. The van der Waals surface area contributed by atoms with Gasteiger partial charge in [-0.3, -0.25) is 4.39 Å². The Morgan fingerprint density at radius 1 is 1.43 bits per heavy atom. The molecule has 0 atom stereocenters. The molecule has 0 aromatic heterocycles. The lowest BCUT2D eigenvalue weighted by atomic mass is 10.3. The standard InChI is InChI=1S/C6H9F/c1-2-3-4-5-6-7/h1H,3-6H2/i7-1. The molecule has 0 saturated carbocycles. The molecule has 1 heteroatoms. The van der Waals surface area contributed by atoms with Gasteiger partial charge in [0.05, 0.1) is 6.67 Å². The molecule has 0 bridgehead atoms. The van der Waals surface area contributed by atoms with Crippen LogP contribution in [0.15, 0.2) is 0 Å². The van der Waals surface area contributed by atoms with E-state index in [1.54, 1.807) is 0 Å². The average molecular weight is 99.1 g/mol. The summed E-state index contributed by atoms with van der Waals surface area (Å²) in [4.78, 5) is 0. The number of hydrogen-bond acceptors (Lipinski definition) is 0. The number of alkyl halides is 1. The highest BCUT2D eigenvalue weighted by Gasteiger charge is 1.80. The highest BCUT2D eigenvalue weighted by Crippen LogP contribution is 1.92. The SMILES string of the molecule is C#CCCCC[18F]. The largest absolute Gasteiger partial charge is 0.251 e. The van der Waals surface area contributed by atoms with Crippen LogP contribution in [0.1, 0.15) is 19.3 Å². The van der Waals surface area contributed by atoms with Gasteiger partial charge in [-0.25, -0.2) is 0 Å². The van der Waals surface area contributed by atoms with E-state index in [0.29, 0.717) is 12.8 Å². The van der Waals surface area contributed by atoms with E-state index in [1.165, 1.54) is 0 Å². The van der Waals surface area contributed by atoms with Crippen molar-refractivity contribution in [2.24, 2.45) is 0 Å². The Morgan fingerprint density at radius 3 is 2.57 bits per heavy atom. The first-order valence-corrected chi connectivity index (χ1v) is 2.41. The van der Waals surface area contributed by atoms with Crippen LogP contribution in [0.2, 0.25) is 0 Å². The Morgan fingerprint density at radius 2 is 2.14 bits per heavy atom. The molecule has 0 nitrogen and oxygen atoms in total. The molecule has 0 fully saturated rings. The minimum Gasteiger partial charge on any atom is -0.251 e. The molecule has 0 spiro atoms. The predicted molar refractivity (Wildman–Crippen MR) is 28.7 cm³/mol. The van der Waals surface area contributed by atoms with Crippen LogP contribution in [-0.2, 0) is 0 Å². The van der Waals surface area contributed by atoms with E-state index >= 15 is 0 Å². The summed E-state index contributed by atoms with van der Waals surface area (Å²) >= 11 is 0. The predicted octanol–water partition coefficient (Wildman–Crippen LogP) is 1.76. The lowest BCUT2D eigenvalue weighted by Crippen LogP contribution is -1.73. The third-order valence-electron chi connectivity index (χ3n) is 0.705. The first-order chi connectivity index (χ1) is 3.41. The molecular formula is C6H9F. The second-order valence-corrected chi connectivity index (χ2v) is 1.35. The third kappa shape index (κ3) is 5.49. The first kappa shape index (κ1) is 6.49. The van der Waals surface area contributed by atoms with Crippen LogP contribution >= 0.6 is 0 Å². The van der Waals surface area contributed by atoms with Crippen LogP contribution in [0.25, 0.3) is 0 Å². The van der Waals surface area contributed by atoms with E-state index in [-0.39, 0.29) is 6.67 Å². The van der Waals surface area contributed by atoms with Crippen LogP contribution in [-0.4, -0.2) is 6.67 Å². The Labute approximate surface area is 43.7 Å². The fraction of sp³-hybridized carbons (Fsp3) is 0.667. The molecule has 0 rings (SSSR count). The molecule has 0 heterocycles. The number of halogens is 1. The normalized spacial score (nSPS) is 8.00. The average Bonchev–Trinajstić information content (AvgIpc) is 1.69. The maximum absolute atomic E-state index is 11.2. The summed E-state index contributed by atoms with van der Waals surface area (Å²) in [6, 6.07) is 0. The Balaban J connectivity index is 2.60. The quantitative estimate of drug-likeness (QED) is 0.373. The summed E-state index contributed by atoms with van der Waals surface area (Å²) in [6.07, 6.45) is 7.05. The van der Waals surface area contributed by atoms with E-state index in [9.17, 15) is 4.39 Å². The van der Waals surface area contributed by atoms with Crippen LogP contribution in [0.5, 0.6) is 0 Å². The zero-order chi connectivity index (χ0) is 5.54. The van der Waals surface area contributed by atoms with Crippen LogP contribution in [0, 0.1) is 12.3 Å². The van der Waals surface area contributed by atoms with Crippen molar-refractivity contribution < 1.29 is 4.39 Å². The lowest BCUT2D eigenvalue weighted by molar-refractivity contribution is 0.464. The maximum atomic E-state index is 11.2. The summed E-state index contributed by atoms with van der Waals surface area (Å²) in [6.45, 7) is -0.234. The molecule has 0 unspecified atom stereocenters. The summed E-state index contributed by atoms with van der Waals surface area (Å²) in [5.74, 6) is 2.44. The van der Waals surface area contributed by atoms with Gasteiger partial charge in [0.1, 0.15) is 0 Å². The summed E-state index contributed by atoms with van der Waals surface area (Å²) < 4.78 is 11.2. The van der Waals surface area contributed by atoms with Gasteiger partial charge in [0, 0.05) is 6.42 Å². The second-order valence-electron chi connectivity index (χ2n) is 1.35. The summed E-state index contributed by atoms with van der Waals surface area (Å²) in [5.41, 5.74) is 0. The van der Waals surface area contributed by atoms with Gasteiger partial charge in [0.15, 0.2) is 0 Å². The van der Waals surface area contributed by atoms with Crippen LogP contribution < -0.4 is 0 Å². The highest BCUT2D eigenvalue weighted by molar-refractivity contribution is 4.82. The zero-order valence-corrected chi connectivity index (χ0v) is 4.28. The van der Waals surface area contributed by atoms with Crippen molar-refractivity contribution in [1.29, 1.82) is 0 Å². The van der Waals surface area contributed by atoms with Gasteiger partial charge in [0.2, 0.25) is 0 Å². The monoisotopic (exact) mass is 99.1 g/mol. The molecule has 0 aliphatic carbocycles. The first-order valence-electron chi connectivity index (χ1n) is 2.41. The van der Waals surface area contributed by atoms with Crippen molar-refractivity contribution in [3.05, 3.63) is 0 Å². The van der Waals surface area contributed by atoms with Crippen molar-refractivity contribution in [1.82, 2.24) is 0 Å². The number of unbranched alkanes of at least 4 members (excludes halogenated alkanes) is 2. The Kier molecular flexibility index (Phi) is 5.09. The smallest absolute Gasteiger partial charge is 0.0894 e. The molecule has 0 radical (unpaired) electrons. The van der Waals surface area contributed by atoms with E-state index in [4.69, 9.17) is 6.42 Å². The third-order valence-corrected chi connectivity index (χ3v) is 0.705. The molecule has 0 saturated heterocycles. The molecule has 0 amide bonds. The van der Waals surface area contributed by atoms with Crippen LogP contribution in [0.3, 0.4) is 0 Å². The zero-order valence-electron chi connectivity index (χ0n) is 4.28. The van der Waals surface area contributed by atoms with Crippen molar-refractivity contribution in [2.45, 2.75) is 19.3 Å². The van der Waals surface area contributed by atoms with Crippen molar-refractivity contribution in [3.8, 4) is 12.3 Å². The van der Waals surface area contributed by atoms with E-state index in [1.807, 2.05) is 0 Å². The van der Waals surface area contributed by atoms with E-state index in [0.717, 1.165) is 6.42 Å². The van der Waals surface area contributed by atoms with Gasteiger partial charge in [-0.1, -0.05) is 0 Å². The van der Waals surface area contributed by atoms with Gasteiger partial charge in [-0.05, 0) is 12.8 Å². The highest BCUT2D eigenvalue weighted by atomic mass is 18.2. The van der Waals surface area contributed by atoms with Gasteiger partial charge in [-0.15, -0.1) is 12.3 Å². The molecule has 0 aromatic rings.